The lowest BCUT2D eigenvalue weighted by Gasteiger charge is -2.11. The summed E-state index contributed by atoms with van der Waals surface area (Å²) in [7, 11) is 1.15. The molecule has 1 rings (SSSR count). The normalized spacial score (nSPS) is 11.4. The first-order chi connectivity index (χ1) is 7.29. The summed E-state index contributed by atoms with van der Waals surface area (Å²) in [5.74, 6) is -3.31. The molecule has 2 nitrogen and oxygen atoms in total. The van der Waals surface area contributed by atoms with Gasteiger partial charge < -0.3 is 4.74 Å². The number of ether oxygens (including phenoxy) is 1. The molecule has 0 aromatic heterocycles. The van der Waals surface area contributed by atoms with E-state index in [1.165, 1.54) is 12.1 Å². The molecule has 7 heteroatoms. The quantitative estimate of drug-likeness (QED) is 0.629. The van der Waals surface area contributed by atoms with Crippen molar-refractivity contribution in [3.8, 4) is 5.75 Å². The van der Waals surface area contributed by atoms with E-state index >= 15 is 0 Å². The van der Waals surface area contributed by atoms with E-state index in [4.69, 9.17) is 0 Å². The number of carbonyl (C=O) groups is 1. The molecule has 0 atom stereocenters. The van der Waals surface area contributed by atoms with Crippen LogP contribution in [-0.4, -0.2) is 18.3 Å². The van der Waals surface area contributed by atoms with Crippen LogP contribution < -0.4 is 4.74 Å². The third-order valence-corrected chi connectivity index (χ3v) is 2.59. The maximum absolute atomic E-state index is 13.5. The van der Waals surface area contributed by atoms with Gasteiger partial charge in [0.05, 0.1) is 12.7 Å². The molecule has 1 aromatic carbocycles. The molecule has 0 N–H and O–H groups in total. The molecule has 0 fully saturated rings. The van der Waals surface area contributed by atoms with Crippen molar-refractivity contribution in [3.05, 3.63) is 28.0 Å². The van der Waals surface area contributed by atoms with E-state index < -0.39 is 22.5 Å². The number of hydrogen-bond donors (Lipinski definition) is 0. The van der Waals surface area contributed by atoms with Gasteiger partial charge in [0, 0.05) is 4.47 Å². The second-order valence-corrected chi connectivity index (χ2v) is 4.09. The lowest BCUT2D eigenvalue weighted by molar-refractivity contribution is 0.0530. The van der Waals surface area contributed by atoms with Gasteiger partial charge in [0.15, 0.2) is 11.6 Å². The van der Waals surface area contributed by atoms with Gasteiger partial charge in [-0.1, -0.05) is 0 Å². The van der Waals surface area contributed by atoms with Gasteiger partial charge in [-0.15, -0.1) is 0 Å². The smallest absolute Gasteiger partial charge is 0.385 e. The van der Waals surface area contributed by atoms with Gasteiger partial charge in [0.25, 0.3) is 5.78 Å². The minimum absolute atomic E-state index is 0.115. The predicted octanol–water partition coefficient (Wildman–Crippen LogP) is 3.61. The number of rotatable bonds is 3. The fraction of sp³-hybridized carbons (Fsp3) is 0.222. The largest absolute Gasteiger partial charge is 0.494 e. The minimum Gasteiger partial charge on any atom is -0.494 e. The van der Waals surface area contributed by atoms with Crippen LogP contribution >= 0.6 is 27.5 Å². The van der Waals surface area contributed by atoms with Crippen LogP contribution in [0.15, 0.2) is 16.6 Å². The van der Waals surface area contributed by atoms with Crippen LogP contribution in [0.3, 0.4) is 0 Å². The van der Waals surface area contributed by atoms with E-state index in [1.54, 1.807) is 0 Å². The third-order valence-electron chi connectivity index (χ3n) is 1.76. The maximum atomic E-state index is 13.5. The molecular weight excluding hydrogens is 312 g/mol. The Morgan fingerprint density at radius 1 is 1.50 bits per heavy atom. The van der Waals surface area contributed by atoms with E-state index in [2.05, 4.69) is 32.3 Å². The second kappa shape index (κ2) is 4.63. The number of halogens is 5. The SMILES string of the molecule is COc1ccc(Br)c(C(=O)C(F)(F)Cl)c1F. The highest BCUT2D eigenvalue weighted by atomic mass is 79.9. The Morgan fingerprint density at radius 2 is 2.06 bits per heavy atom. The van der Waals surface area contributed by atoms with Crippen LogP contribution in [0, 0.1) is 5.82 Å². The van der Waals surface area contributed by atoms with Crippen LogP contribution in [0.1, 0.15) is 10.4 Å². The topological polar surface area (TPSA) is 26.3 Å². The fourth-order valence-electron chi connectivity index (χ4n) is 1.04. The Kier molecular flexibility index (Phi) is 3.85. The van der Waals surface area contributed by atoms with Gasteiger partial charge in [-0.2, -0.15) is 8.78 Å². The van der Waals surface area contributed by atoms with Gasteiger partial charge in [0.2, 0.25) is 0 Å². The molecule has 0 aliphatic carbocycles. The van der Waals surface area contributed by atoms with Gasteiger partial charge >= 0.3 is 5.38 Å². The zero-order valence-electron chi connectivity index (χ0n) is 7.86. The van der Waals surface area contributed by atoms with E-state index in [-0.39, 0.29) is 10.2 Å². The van der Waals surface area contributed by atoms with E-state index in [0.29, 0.717) is 0 Å². The summed E-state index contributed by atoms with van der Waals surface area (Å²) in [4.78, 5) is 11.2. The van der Waals surface area contributed by atoms with Crippen LogP contribution in [0.2, 0.25) is 0 Å². The fourth-order valence-corrected chi connectivity index (χ4v) is 1.62. The summed E-state index contributed by atoms with van der Waals surface area (Å²) in [5.41, 5.74) is -0.834. The average Bonchev–Trinajstić information content (AvgIpc) is 2.16. The molecular formula is C9H5BrClF3O2. The van der Waals surface area contributed by atoms with Crippen molar-refractivity contribution in [2.45, 2.75) is 5.38 Å². The third kappa shape index (κ3) is 2.49. The van der Waals surface area contributed by atoms with E-state index in [1.807, 2.05) is 0 Å². The molecule has 0 radical (unpaired) electrons. The van der Waals surface area contributed by atoms with Crippen molar-refractivity contribution in [1.29, 1.82) is 0 Å². The van der Waals surface area contributed by atoms with E-state index in [9.17, 15) is 18.0 Å². The van der Waals surface area contributed by atoms with Crippen LogP contribution in [0.25, 0.3) is 0 Å². The molecule has 0 spiro atoms. The molecule has 0 unspecified atom stereocenters. The second-order valence-electron chi connectivity index (χ2n) is 2.77. The summed E-state index contributed by atoms with van der Waals surface area (Å²) in [6.45, 7) is 0. The zero-order chi connectivity index (χ0) is 12.5. The van der Waals surface area contributed by atoms with Crippen molar-refractivity contribution in [1.82, 2.24) is 0 Å². The molecule has 1 aromatic rings. The number of Topliss-reactive ketones (excluding diaryl/α,β-unsaturated/α-hetero) is 1. The van der Waals surface area contributed by atoms with Crippen LogP contribution in [0.5, 0.6) is 5.75 Å². The Morgan fingerprint density at radius 3 is 2.50 bits per heavy atom. The van der Waals surface area contributed by atoms with Crippen molar-refractivity contribution >= 4 is 33.3 Å². The molecule has 0 amide bonds. The molecule has 0 heterocycles. The Balaban J connectivity index is 3.38. The number of methoxy groups -OCH3 is 1. The van der Waals surface area contributed by atoms with Crippen LogP contribution in [0.4, 0.5) is 13.2 Å². The lowest BCUT2D eigenvalue weighted by Crippen LogP contribution is -2.23. The molecule has 0 aliphatic rings. The number of alkyl halides is 3. The molecule has 88 valence electrons. The molecule has 0 aliphatic heterocycles. The monoisotopic (exact) mass is 316 g/mol. The molecule has 0 saturated heterocycles. The van der Waals surface area contributed by atoms with Crippen molar-refractivity contribution < 1.29 is 22.7 Å². The molecule has 16 heavy (non-hydrogen) atoms. The van der Waals surface area contributed by atoms with Gasteiger partial charge in [-0.05, 0) is 39.7 Å². The minimum atomic E-state index is -4.16. The average molecular weight is 317 g/mol. The Labute approximate surface area is 102 Å². The summed E-state index contributed by atoms with van der Waals surface area (Å²) in [5, 5.41) is -4.16. The Hall–Kier alpha value is -0.750. The zero-order valence-corrected chi connectivity index (χ0v) is 10.2. The molecule has 0 saturated carbocycles. The first-order valence-electron chi connectivity index (χ1n) is 3.92. The highest BCUT2D eigenvalue weighted by Gasteiger charge is 2.40. The highest BCUT2D eigenvalue weighted by molar-refractivity contribution is 9.10. The van der Waals surface area contributed by atoms with Gasteiger partial charge in [-0.3, -0.25) is 4.79 Å². The lowest BCUT2D eigenvalue weighted by atomic mass is 10.1. The summed E-state index contributed by atoms with van der Waals surface area (Å²) < 4.78 is 43.2. The first-order valence-corrected chi connectivity index (χ1v) is 5.09. The van der Waals surface area contributed by atoms with Gasteiger partial charge in [0.1, 0.15) is 0 Å². The summed E-state index contributed by atoms with van der Waals surface area (Å²) in [6.07, 6.45) is 0. The number of ketones is 1. The predicted molar refractivity (Wildman–Crippen MR) is 55.8 cm³/mol. The van der Waals surface area contributed by atoms with E-state index in [0.717, 1.165) is 7.11 Å². The molecule has 0 bridgehead atoms. The summed E-state index contributed by atoms with van der Waals surface area (Å²) in [6, 6.07) is 2.42. The number of carbonyl (C=O) groups excluding carboxylic acids is 1. The Bertz CT molecular complexity index is 431. The maximum Gasteiger partial charge on any atom is 0.385 e. The standard InChI is InChI=1S/C9H5BrClF3O2/c1-16-5-3-2-4(10)6(7(5)12)8(15)9(11,13)14/h2-3H,1H3. The van der Waals surface area contributed by atoms with Crippen molar-refractivity contribution in [2.75, 3.05) is 7.11 Å². The highest BCUT2D eigenvalue weighted by Crippen LogP contribution is 2.33. The number of benzene rings is 1. The van der Waals surface area contributed by atoms with Gasteiger partial charge in [-0.25, -0.2) is 4.39 Å². The summed E-state index contributed by atoms with van der Waals surface area (Å²) >= 11 is 7.34. The van der Waals surface area contributed by atoms with Crippen molar-refractivity contribution in [2.24, 2.45) is 0 Å². The van der Waals surface area contributed by atoms with Crippen molar-refractivity contribution in [3.63, 3.8) is 0 Å². The van der Waals surface area contributed by atoms with Crippen LogP contribution in [-0.2, 0) is 0 Å². The number of hydrogen-bond acceptors (Lipinski definition) is 2. The first kappa shape index (κ1) is 13.3.